The number of thioether (sulfide) groups is 1. The van der Waals surface area contributed by atoms with Crippen LogP contribution in [-0.2, 0) is 11.3 Å². The van der Waals surface area contributed by atoms with Crippen molar-refractivity contribution in [1.29, 1.82) is 0 Å². The van der Waals surface area contributed by atoms with Crippen molar-refractivity contribution < 1.29 is 14.1 Å². The van der Waals surface area contributed by atoms with Crippen molar-refractivity contribution in [3.05, 3.63) is 81.4 Å². The smallest absolute Gasteiger partial charge is 0.306 e. The Morgan fingerprint density at radius 2 is 2.13 bits per heavy atom. The van der Waals surface area contributed by atoms with E-state index in [1.165, 1.54) is 10.6 Å². The topological polar surface area (TPSA) is 107 Å². The monoisotopic (exact) mass is 428 g/mol. The van der Waals surface area contributed by atoms with Crippen LogP contribution in [-0.4, -0.2) is 25.6 Å². The second-order valence-electron chi connectivity index (χ2n) is 6.29. The molecule has 1 unspecified atom stereocenters. The Labute approximate surface area is 174 Å². The molecule has 2 aromatic carbocycles. The number of amides is 1. The fourth-order valence-electron chi connectivity index (χ4n) is 2.71. The number of rotatable bonds is 7. The predicted molar refractivity (Wildman–Crippen MR) is 113 cm³/mol. The van der Waals surface area contributed by atoms with Gasteiger partial charge >= 0.3 is 5.69 Å². The molecule has 0 bridgehead atoms. The Bertz CT molecular complexity index is 1210. The van der Waals surface area contributed by atoms with Crippen molar-refractivity contribution in [3.63, 3.8) is 0 Å². The highest BCUT2D eigenvalue weighted by molar-refractivity contribution is 8.00. The molecule has 30 heavy (non-hydrogen) atoms. The second kappa shape index (κ2) is 8.87. The highest BCUT2D eigenvalue weighted by Crippen LogP contribution is 2.25. The number of anilines is 1. The molecule has 0 aliphatic rings. The van der Waals surface area contributed by atoms with Gasteiger partial charge in [-0.1, -0.05) is 30.0 Å². The molecule has 0 spiro atoms. The van der Waals surface area contributed by atoms with Gasteiger partial charge in [0.05, 0.1) is 21.1 Å². The summed E-state index contributed by atoms with van der Waals surface area (Å²) in [5.41, 5.74) is -0.378. The molecule has 0 aliphatic heterocycles. The first kappa shape index (κ1) is 21.2. The lowest BCUT2D eigenvalue weighted by atomic mass is 10.2. The summed E-state index contributed by atoms with van der Waals surface area (Å²) in [6.07, 6.45) is 1.56. The molecule has 1 N–H and O–H groups in total. The van der Waals surface area contributed by atoms with E-state index >= 15 is 0 Å². The fraction of sp³-hybridized carbons (Fsp3) is 0.150. The number of fused-ring (bicyclic) bond motifs is 1. The van der Waals surface area contributed by atoms with Gasteiger partial charge in [-0.3, -0.25) is 24.3 Å². The molecule has 1 heterocycles. The number of nitro groups is 1. The third-order valence-electron chi connectivity index (χ3n) is 4.20. The number of carbonyl (C=O) groups excluding carboxylic acids is 1. The third kappa shape index (κ3) is 4.38. The van der Waals surface area contributed by atoms with Gasteiger partial charge in [-0.05, 0) is 31.2 Å². The molecule has 0 radical (unpaired) electrons. The Kier molecular flexibility index (Phi) is 6.26. The number of nitrogens with zero attached hydrogens (tertiary/aromatic N) is 3. The number of carbonyl (C=O) groups is 1. The van der Waals surface area contributed by atoms with E-state index in [4.69, 9.17) is 0 Å². The predicted octanol–water partition coefficient (Wildman–Crippen LogP) is 3.75. The molecule has 0 saturated carbocycles. The first-order chi connectivity index (χ1) is 14.3. The van der Waals surface area contributed by atoms with Gasteiger partial charge in [-0.25, -0.2) is 4.98 Å². The van der Waals surface area contributed by atoms with Crippen molar-refractivity contribution >= 4 is 39.9 Å². The van der Waals surface area contributed by atoms with E-state index in [-0.39, 0.29) is 17.8 Å². The van der Waals surface area contributed by atoms with E-state index in [1.54, 1.807) is 37.3 Å². The van der Waals surface area contributed by atoms with Crippen LogP contribution in [0.15, 0.2) is 65.1 Å². The summed E-state index contributed by atoms with van der Waals surface area (Å²) in [5, 5.41) is 13.5. The molecule has 154 valence electrons. The van der Waals surface area contributed by atoms with E-state index in [2.05, 4.69) is 16.9 Å². The maximum atomic E-state index is 13.5. The van der Waals surface area contributed by atoms with Crippen LogP contribution in [0.5, 0.6) is 0 Å². The maximum absolute atomic E-state index is 13.5. The summed E-state index contributed by atoms with van der Waals surface area (Å²) in [4.78, 5) is 39.8. The Morgan fingerprint density at radius 3 is 2.83 bits per heavy atom. The molecule has 0 aliphatic carbocycles. The minimum Gasteiger partial charge on any atom is -0.325 e. The van der Waals surface area contributed by atoms with Gasteiger partial charge in [0.1, 0.15) is 0 Å². The van der Waals surface area contributed by atoms with Crippen LogP contribution < -0.4 is 10.9 Å². The molecule has 0 fully saturated rings. The van der Waals surface area contributed by atoms with E-state index < -0.39 is 27.6 Å². The molecule has 1 atom stereocenters. The molecule has 10 heteroatoms. The van der Waals surface area contributed by atoms with Gasteiger partial charge in [-0.2, -0.15) is 4.39 Å². The minimum absolute atomic E-state index is 0.0931. The number of aromatic nitrogens is 2. The summed E-state index contributed by atoms with van der Waals surface area (Å²) in [7, 11) is 0. The van der Waals surface area contributed by atoms with Gasteiger partial charge < -0.3 is 5.32 Å². The average Bonchev–Trinajstić information content (AvgIpc) is 2.72. The number of nitro benzene ring substituents is 1. The van der Waals surface area contributed by atoms with Crippen LogP contribution >= 0.6 is 11.8 Å². The number of nitrogens with one attached hydrogen (secondary N) is 1. The van der Waals surface area contributed by atoms with Gasteiger partial charge in [-0.15, -0.1) is 6.58 Å². The Balaban J connectivity index is 1.86. The normalized spacial score (nSPS) is 11.8. The third-order valence-corrected chi connectivity index (χ3v) is 5.29. The van der Waals surface area contributed by atoms with E-state index in [9.17, 15) is 24.1 Å². The van der Waals surface area contributed by atoms with Crippen molar-refractivity contribution in [1.82, 2.24) is 9.55 Å². The molecule has 8 nitrogen and oxygen atoms in total. The number of hydrogen-bond acceptors (Lipinski definition) is 6. The summed E-state index contributed by atoms with van der Waals surface area (Å²) in [6.45, 7) is 5.48. The highest BCUT2D eigenvalue weighted by atomic mass is 32.2. The molecule has 3 rings (SSSR count). The van der Waals surface area contributed by atoms with E-state index in [0.717, 1.165) is 23.9 Å². The summed E-state index contributed by atoms with van der Waals surface area (Å²) in [6, 6.07) is 10.00. The number of halogens is 1. The van der Waals surface area contributed by atoms with Crippen molar-refractivity contribution in [2.24, 2.45) is 0 Å². The zero-order valence-corrected chi connectivity index (χ0v) is 16.7. The molecule has 1 aromatic heterocycles. The lowest BCUT2D eigenvalue weighted by Gasteiger charge is -2.15. The zero-order chi connectivity index (χ0) is 21.8. The van der Waals surface area contributed by atoms with Crippen LogP contribution in [0.4, 0.5) is 15.8 Å². The lowest BCUT2D eigenvalue weighted by Crippen LogP contribution is -2.26. The van der Waals surface area contributed by atoms with E-state index in [1.807, 2.05) is 0 Å². The summed E-state index contributed by atoms with van der Waals surface area (Å²) >= 11 is 1.06. The van der Waals surface area contributed by atoms with Crippen LogP contribution in [0, 0.1) is 15.9 Å². The molecular formula is C20H17FN4O4S. The lowest BCUT2D eigenvalue weighted by molar-refractivity contribution is -0.387. The van der Waals surface area contributed by atoms with Crippen molar-refractivity contribution in [2.45, 2.75) is 23.9 Å². The first-order valence-corrected chi connectivity index (χ1v) is 9.71. The maximum Gasteiger partial charge on any atom is 0.306 e. The minimum atomic E-state index is -0.991. The largest absolute Gasteiger partial charge is 0.325 e. The zero-order valence-electron chi connectivity index (χ0n) is 15.9. The van der Waals surface area contributed by atoms with Crippen LogP contribution in [0.25, 0.3) is 10.9 Å². The average molecular weight is 428 g/mol. The standard InChI is InChI=1S/C20H17FN4O4S/c1-3-10-24-19(27)14-6-4-5-7-16(14)23-20(24)30-12(2)18(26)22-13-8-9-15(21)17(11-13)25(28)29/h3-9,11-12H,1,10H2,2H3,(H,22,26). The van der Waals surface area contributed by atoms with E-state index in [0.29, 0.717) is 16.1 Å². The quantitative estimate of drug-likeness (QED) is 0.202. The number of benzene rings is 2. The van der Waals surface area contributed by atoms with Crippen molar-refractivity contribution in [3.8, 4) is 0 Å². The molecule has 0 saturated heterocycles. The van der Waals surface area contributed by atoms with Crippen LogP contribution in [0.3, 0.4) is 0 Å². The first-order valence-electron chi connectivity index (χ1n) is 8.83. The van der Waals surface area contributed by atoms with Gasteiger partial charge in [0.15, 0.2) is 5.16 Å². The number of allylic oxidation sites excluding steroid dienone is 1. The second-order valence-corrected chi connectivity index (χ2v) is 7.60. The number of hydrogen-bond donors (Lipinski definition) is 1. The Morgan fingerprint density at radius 1 is 1.40 bits per heavy atom. The van der Waals surface area contributed by atoms with Crippen molar-refractivity contribution in [2.75, 3.05) is 5.32 Å². The van der Waals surface area contributed by atoms with Gasteiger partial charge in [0.25, 0.3) is 5.56 Å². The highest BCUT2D eigenvalue weighted by Gasteiger charge is 2.21. The Hall–Kier alpha value is -3.53. The SMILES string of the molecule is C=CCn1c(SC(C)C(=O)Nc2ccc(F)c([N+](=O)[O-])c2)nc2ccccc2c1=O. The summed E-state index contributed by atoms with van der Waals surface area (Å²) in [5.74, 6) is -1.47. The molecule has 3 aromatic rings. The number of para-hydroxylation sites is 1. The fourth-order valence-corrected chi connectivity index (χ4v) is 3.63. The molecular weight excluding hydrogens is 411 g/mol. The van der Waals surface area contributed by atoms with Gasteiger partial charge in [0.2, 0.25) is 11.7 Å². The van der Waals surface area contributed by atoms with Crippen LogP contribution in [0.1, 0.15) is 6.92 Å². The summed E-state index contributed by atoms with van der Waals surface area (Å²) < 4.78 is 14.9. The van der Waals surface area contributed by atoms with Crippen LogP contribution in [0.2, 0.25) is 0 Å². The molecule has 1 amide bonds. The van der Waals surface area contributed by atoms with Gasteiger partial charge in [0, 0.05) is 18.3 Å².